The molecule has 0 aromatic carbocycles. The Labute approximate surface area is 102 Å². The Morgan fingerprint density at radius 3 is 2.88 bits per heavy atom. The summed E-state index contributed by atoms with van der Waals surface area (Å²) >= 11 is 0. The van der Waals surface area contributed by atoms with Gasteiger partial charge in [0, 0.05) is 11.6 Å². The number of aromatic nitrogens is 1. The minimum Gasteiger partial charge on any atom is -0.478 e. The molecule has 2 rings (SSSR count). The van der Waals surface area contributed by atoms with E-state index in [1.165, 1.54) is 6.42 Å². The standard InChI is InChI=1S/C14H19NO2/c1-3-9-6-5-7-10-8-11(14(16)17)12(4-2)15-13(9)10/h8-9H,3-7H2,1-2H3,(H,16,17). The summed E-state index contributed by atoms with van der Waals surface area (Å²) in [7, 11) is 0. The average molecular weight is 233 g/mol. The highest BCUT2D eigenvalue weighted by molar-refractivity contribution is 5.89. The molecule has 1 N–H and O–H groups in total. The second kappa shape index (κ2) is 4.86. The molecule has 1 aromatic rings. The zero-order chi connectivity index (χ0) is 12.4. The number of aryl methyl sites for hydroxylation is 2. The van der Waals surface area contributed by atoms with Crippen LogP contribution in [0.4, 0.5) is 0 Å². The summed E-state index contributed by atoms with van der Waals surface area (Å²) in [5.41, 5.74) is 3.43. The molecule has 1 unspecified atom stereocenters. The fourth-order valence-corrected chi connectivity index (χ4v) is 2.69. The zero-order valence-corrected chi connectivity index (χ0v) is 10.5. The molecule has 0 amide bonds. The molecule has 92 valence electrons. The van der Waals surface area contributed by atoms with Crippen LogP contribution >= 0.6 is 0 Å². The molecule has 0 saturated carbocycles. The van der Waals surface area contributed by atoms with Crippen LogP contribution in [0.1, 0.15) is 66.3 Å². The van der Waals surface area contributed by atoms with Crippen LogP contribution < -0.4 is 0 Å². The lowest BCUT2D eigenvalue weighted by atomic mass is 9.84. The van der Waals surface area contributed by atoms with E-state index in [2.05, 4.69) is 11.9 Å². The van der Waals surface area contributed by atoms with Gasteiger partial charge in [-0.1, -0.05) is 13.8 Å². The van der Waals surface area contributed by atoms with Crippen molar-refractivity contribution in [2.24, 2.45) is 0 Å². The van der Waals surface area contributed by atoms with Crippen molar-refractivity contribution >= 4 is 5.97 Å². The van der Waals surface area contributed by atoms with Crippen molar-refractivity contribution in [3.63, 3.8) is 0 Å². The first-order valence-corrected chi connectivity index (χ1v) is 6.43. The second-order valence-corrected chi connectivity index (χ2v) is 4.68. The highest BCUT2D eigenvalue weighted by Gasteiger charge is 2.23. The number of carboxylic acids is 1. The van der Waals surface area contributed by atoms with Crippen molar-refractivity contribution in [1.82, 2.24) is 4.98 Å². The Kier molecular flexibility index (Phi) is 3.46. The van der Waals surface area contributed by atoms with Crippen LogP contribution in [0.5, 0.6) is 0 Å². The summed E-state index contributed by atoms with van der Waals surface area (Å²) in [4.78, 5) is 15.8. The number of aromatic carboxylic acids is 1. The molecule has 0 radical (unpaired) electrons. The number of carboxylic acid groups (broad SMARTS) is 1. The highest BCUT2D eigenvalue weighted by Crippen LogP contribution is 2.33. The number of nitrogens with zero attached hydrogens (tertiary/aromatic N) is 1. The van der Waals surface area contributed by atoms with Gasteiger partial charge in [0.25, 0.3) is 0 Å². The lowest BCUT2D eigenvalue weighted by Gasteiger charge is -2.24. The van der Waals surface area contributed by atoms with Crippen LogP contribution in [-0.2, 0) is 12.8 Å². The molecule has 3 nitrogen and oxygen atoms in total. The minimum absolute atomic E-state index is 0.392. The quantitative estimate of drug-likeness (QED) is 0.872. The van der Waals surface area contributed by atoms with Gasteiger partial charge in [0.2, 0.25) is 0 Å². The number of carbonyl (C=O) groups is 1. The number of hydrogen-bond acceptors (Lipinski definition) is 2. The third-order valence-corrected chi connectivity index (χ3v) is 3.66. The summed E-state index contributed by atoms with van der Waals surface area (Å²) in [5.74, 6) is -0.331. The van der Waals surface area contributed by atoms with Crippen LogP contribution in [0.15, 0.2) is 6.07 Å². The van der Waals surface area contributed by atoms with Crippen molar-refractivity contribution in [1.29, 1.82) is 0 Å². The molecule has 0 spiro atoms. The Morgan fingerprint density at radius 1 is 1.53 bits per heavy atom. The number of fused-ring (bicyclic) bond motifs is 1. The van der Waals surface area contributed by atoms with Crippen molar-refractivity contribution in [3.8, 4) is 0 Å². The van der Waals surface area contributed by atoms with E-state index in [4.69, 9.17) is 0 Å². The zero-order valence-electron chi connectivity index (χ0n) is 10.5. The molecule has 0 fully saturated rings. The summed E-state index contributed by atoms with van der Waals surface area (Å²) in [6, 6.07) is 1.85. The first-order chi connectivity index (χ1) is 8.17. The summed E-state index contributed by atoms with van der Waals surface area (Å²) in [6.07, 6.45) is 5.09. The fraction of sp³-hybridized carbons (Fsp3) is 0.571. The molecule has 1 aliphatic carbocycles. The largest absolute Gasteiger partial charge is 0.478 e. The SMILES string of the molecule is CCc1nc2c(cc1C(=O)O)CCCC2CC. The summed E-state index contributed by atoms with van der Waals surface area (Å²) in [6.45, 7) is 4.14. The molecular formula is C14H19NO2. The monoisotopic (exact) mass is 233 g/mol. The molecule has 1 aliphatic rings. The van der Waals surface area contributed by atoms with E-state index in [1.807, 2.05) is 13.0 Å². The average Bonchev–Trinajstić information content (AvgIpc) is 2.36. The topological polar surface area (TPSA) is 50.2 Å². The van der Waals surface area contributed by atoms with Crippen LogP contribution in [0.3, 0.4) is 0 Å². The van der Waals surface area contributed by atoms with Crippen molar-refractivity contribution in [2.45, 2.75) is 51.9 Å². The number of rotatable bonds is 3. The van der Waals surface area contributed by atoms with Crippen molar-refractivity contribution < 1.29 is 9.90 Å². The second-order valence-electron chi connectivity index (χ2n) is 4.68. The van der Waals surface area contributed by atoms with Gasteiger partial charge in [-0.05, 0) is 43.7 Å². The van der Waals surface area contributed by atoms with Gasteiger partial charge in [-0.25, -0.2) is 4.79 Å². The maximum atomic E-state index is 11.2. The van der Waals surface area contributed by atoms with Gasteiger partial charge in [0.1, 0.15) is 0 Å². The molecule has 1 heterocycles. The van der Waals surface area contributed by atoms with E-state index < -0.39 is 5.97 Å². The van der Waals surface area contributed by atoms with E-state index in [0.717, 1.165) is 36.2 Å². The Bertz CT molecular complexity index is 440. The van der Waals surface area contributed by atoms with Gasteiger partial charge in [-0.15, -0.1) is 0 Å². The van der Waals surface area contributed by atoms with E-state index in [1.54, 1.807) is 0 Å². The molecule has 0 bridgehead atoms. The van der Waals surface area contributed by atoms with Gasteiger partial charge in [0.05, 0.1) is 11.3 Å². The highest BCUT2D eigenvalue weighted by atomic mass is 16.4. The molecular weight excluding hydrogens is 214 g/mol. The van der Waals surface area contributed by atoms with Crippen molar-refractivity contribution in [3.05, 3.63) is 28.6 Å². The predicted molar refractivity (Wildman–Crippen MR) is 66.5 cm³/mol. The number of pyridine rings is 1. The Hall–Kier alpha value is -1.38. The normalized spacial score (nSPS) is 18.8. The van der Waals surface area contributed by atoms with Crippen LogP contribution in [-0.4, -0.2) is 16.1 Å². The molecule has 0 saturated heterocycles. The minimum atomic E-state index is -0.851. The van der Waals surface area contributed by atoms with Crippen LogP contribution in [0.2, 0.25) is 0 Å². The van der Waals surface area contributed by atoms with Crippen LogP contribution in [0.25, 0.3) is 0 Å². The molecule has 1 aromatic heterocycles. The first kappa shape index (κ1) is 12.1. The fourth-order valence-electron chi connectivity index (χ4n) is 2.69. The maximum Gasteiger partial charge on any atom is 0.337 e. The lowest BCUT2D eigenvalue weighted by molar-refractivity contribution is 0.0695. The molecule has 3 heteroatoms. The van der Waals surface area contributed by atoms with Crippen LogP contribution in [0, 0.1) is 0 Å². The van der Waals surface area contributed by atoms with Gasteiger partial charge >= 0.3 is 5.97 Å². The molecule has 1 atom stereocenters. The first-order valence-electron chi connectivity index (χ1n) is 6.43. The van der Waals surface area contributed by atoms with E-state index >= 15 is 0 Å². The van der Waals surface area contributed by atoms with Gasteiger partial charge in [0.15, 0.2) is 0 Å². The van der Waals surface area contributed by atoms with E-state index in [0.29, 0.717) is 17.9 Å². The lowest BCUT2D eigenvalue weighted by Crippen LogP contribution is -2.16. The number of hydrogen-bond donors (Lipinski definition) is 1. The van der Waals surface area contributed by atoms with Gasteiger partial charge in [-0.3, -0.25) is 4.98 Å². The third kappa shape index (κ3) is 2.19. The van der Waals surface area contributed by atoms with Gasteiger partial charge < -0.3 is 5.11 Å². The Morgan fingerprint density at radius 2 is 2.29 bits per heavy atom. The summed E-state index contributed by atoms with van der Waals surface area (Å²) in [5, 5.41) is 9.18. The van der Waals surface area contributed by atoms with Gasteiger partial charge in [-0.2, -0.15) is 0 Å². The maximum absolute atomic E-state index is 11.2. The molecule has 0 aliphatic heterocycles. The smallest absolute Gasteiger partial charge is 0.337 e. The molecule has 17 heavy (non-hydrogen) atoms. The van der Waals surface area contributed by atoms with Crippen molar-refractivity contribution in [2.75, 3.05) is 0 Å². The Balaban J connectivity index is 2.52. The predicted octanol–water partition coefficient (Wildman–Crippen LogP) is 3.17. The third-order valence-electron chi connectivity index (χ3n) is 3.66. The summed E-state index contributed by atoms with van der Waals surface area (Å²) < 4.78 is 0. The van der Waals surface area contributed by atoms with E-state index in [9.17, 15) is 9.90 Å². The van der Waals surface area contributed by atoms with E-state index in [-0.39, 0.29) is 0 Å².